The minimum Gasteiger partial charge on any atom is -0.387 e. The molecule has 1 atom stereocenters. The van der Waals surface area contributed by atoms with Crippen LogP contribution in [0.25, 0.3) is 10.4 Å². The van der Waals surface area contributed by atoms with Crippen LogP contribution in [-0.2, 0) is 5.54 Å². The number of hydrogen-bond donors (Lipinski definition) is 1. The molecule has 0 saturated heterocycles. The Morgan fingerprint density at radius 2 is 1.48 bits per heavy atom. The van der Waals surface area contributed by atoms with Gasteiger partial charge in [-0.05, 0) is 56.6 Å². The first-order valence-corrected chi connectivity index (χ1v) is 12.5. The molecule has 164 valence electrons. The van der Waals surface area contributed by atoms with Gasteiger partial charge in [-0.2, -0.15) is 0 Å². The number of thiophene rings is 1. The van der Waals surface area contributed by atoms with Crippen LogP contribution >= 0.6 is 27.3 Å². The molecule has 0 amide bonds. The van der Waals surface area contributed by atoms with Crippen LogP contribution < -0.4 is 0 Å². The molecule has 5 rings (SSSR count). The maximum atomic E-state index is 10.3. The maximum absolute atomic E-state index is 10.3. The lowest BCUT2D eigenvalue weighted by Gasteiger charge is -2.38. The first-order chi connectivity index (χ1) is 16.1. The molecule has 0 fully saturated rings. The van der Waals surface area contributed by atoms with Crippen LogP contribution in [0, 0.1) is 0 Å². The van der Waals surface area contributed by atoms with Gasteiger partial charge in [0.2, 0.25) is 0 Å². The van der Waals surface area contributed by atoms with E-state index in [4.69, 9.17) is 0 Å². The highest BCUT2D eigenvalue weighted by Gasteiger charge is 2.40. The van der Waals surface area contributed by atoms with Crippen LogP contribution in [0.5, 0.6) is 0 Å². The number of hydrogen-bond acceptors (Lipinski definition) is 3. The van der Waals surface area contributed by atoms with Crippen LogP contribution in [0.15, 0.2) is 113 Å². The van der Waals surface area contributed by atoms with Gasteiger partial charge in [-0.25, -0.2) is 4.98 Å². The molecule has 5 aromatic rings. The van der Waals surface area contributed by atoms with Crippen molar-refractivity contribution in [3.63, 3.8) is 0 Å². The molecule has 0 aliphatic carbocycles. The first kappa shape index (κ1) is 21.8. The third-order valence-corrected chi connectivity index (χ3v) is 7.85. The van der Waals surface area contributed by atoms with Gasteiger partial charge in [-0.3, -0.25) is 0 Å². The SMILES string of the molecule is CC(O)c1cn(C(c2ccccc2)(c2ccccc2)c2ccccc2-c2sccc2Br)cn1. The molecular formula is C28H23BrN2OS. The number of rotatable bonds is 6. The zero-order valence-electron chi connectivity index (χ0n) is 18.1. The van der Waals surface area contributed by atoms with Gasteiger partial charge in [0.25, 0.3) is 0 Å². The second-order valence-electron chi connectivity index (χ2n) is 7.97. The molecule has 5 heteroatoms. The first-order valence-electron chi connectivity index (χ1n) is 10.8. The Kier molecular flexibility index (Phi) is 6.02. The van der Waals surface area contributed by atoms with E-state index in [-0.39, 0.29) is 0 Å². The van der Waals surface area contributed by atoms with Gasteiger partial charge in [-0.15, -0.1) is 11.3 Å². The predicted octanol–water partition coefficient (Wildman–Crippen LogP) is 7.27. The molecule has 0 saturated carbocycles. The topological polar surface area (TPSA) is 38.0 Å². The summed E-state index contributed by atoms with van der Waals surface area (Å²) in [6.07, 6.45) is 3.14. The monoisotopic (exact) mass is 514 g/mol. The number of aliphatic hydroxyl groups is 1. The Morgan fingerprint density at radius 1 is 0.879 bits per heavy atom. The maximum Gasteiger partial charge on any atom is 0.122 e. The highest BCUT2D eigenvalue weighted by Crippen LogP contribution is 2.47. The number of imidazole rings is 1. The molecule has 2 heterocycles. The van der Waals surface area contributed by atoms with E-state index in [1.165, 1.54) is 4.88 Å². The Balaban J connectivity index is 1.93. The summed E-state index contributed by atoms with van der Waals surface area (Å²) < 4.78 is 3.21. The molecule has 0 bridgehead atoms. The number of benzene rings is 3. The highest BCUT2D eigenvalue weighted by atomic mass is 79.9. The molecule has 0 radical (unpaired) electrons. The van der Waals surface area contributed by atoms with Crippen LogP contribution in [0.1, 0.15) is 35.4 Å². The molecule has 0 aliphatic heterocycles. The van der Waals surface area contributed by atoms with Crippen molar-refractivity contribution in [3.8, 4) is 10.4 Å². The zero-order valence-corrected chi connectivity index (χ0v) is 20.5. The fraction of sp³-hybridized carbons (Fsp3) is 0.107. The van der Waals surface area contributed by atoms with E-state index in [9.17, 15) is 5.11 Å². The molecular weight excluding hydrogens is 492 g/mol. The van der Waals surface area contributed by atoms with Crippen LogP contribution in [0.3, 0.4) is 0 Å². The standard InChI is InChI=1S/C28H23BrN2OS/c1-20(32)26-18-31(19-30-26)28(21-10-4-2-5-11-21,22-12-6-3-7-13-22)24-15-9-8-14-23(24)27-25(29)16-17-33-27/h2-20,32H,1H3. The van der Waals surface area contributed by atoms with E-state index in [1.54, 1.807) is 18.3 Å². The zero-order chi connectivity index (χ0) is 22.8. The van der Waals surface area contributed by atoms with E-state index in [0.717, 1.165) is 26.7 Å². The molecule has 0 aliphatic rings. The Hall–Kier alpha value is -2.99. The van der Waals surface area contributed by atoms with Crippen molar-refractivity contribution in [1.29, 1.82) is 0 Å². The summed E-state index contributed by atoms with van der Waals surface area (Å²) in [5.74, 6) is 0. The molecule has 3 aromatic carbocycles. The van der Waals surface area contributed by atoms with Crippen LogP contribution in [-0.4, -0.2) is 14.7 Å². The van der Waals surface area contributed by atoms with Crippen molar-refractivity contribution < 1.29 is 5.11 Å². The lowest BCUT2D eigenvalue weighted by Crippen LogP contribution is -2.37. The van der Waals surface area contributed by atoms with E-state index >= 15 is 0 Å². The van der Waals surface area contributed by atoms with Crippen LogP contribution in [0.4, 0.5) is 0 Å². The van der Waals surface area contributed by atoms with Crippen molar-refractivity contribution in [2.75, 3.05) is 0 Å². The fourth-order valence-corrected chi connectivity index (χ4v) is 6.12. The minimum absolute atomic E-state index is 0.640. The largest absolute Gasteiger partial charge is 0.387 e. The third-order valence-electron chi connectivity index (χ3n) is 5.98. The van der Waals surface area contributed by atoms with Gasteiger partial charge in [0.1, 0.15) is 5.54 Å². The smallest absolute Gasteiger partial charge is 0.122 e. The molecule has 1 unspecified atom stereocenters. The molecule has 2 aromatic heterocycles. The van der Waals surface area contributed by atoms with Crippen molar-refractivity contribution in [3.05, 3.63) is 136 Å². The summed E-state index contributed by atoms with van der Waals surface area (Å²) in [6, 6.07) is 31.7. The normalized spacial score (nSPS) is 12.6. The highest BCUT2D eigenvalue weighted by molar-refractivity contribution is 9.10. The lowest BCUT2D eigenvalue weighted by atomic mass is 9.74. The summed E-state index contributed by atoms with van der Waals surface area (Å²) in [4.78, 5) is 5.75. The van der Waals surface area contributed by atoms with Gasteiger partial charge in [-0.1, -0.05) is 84.9 Å². The average Bonchev–Trinajstić information content (AvgIpc) is 3.51. The van der Waals surface area contributed by atoms with Crippen molar-refractivity contribution in [2.45, 2.75) is 18.6 Å². The second-order valence-corrected chi connectivity index (χ2v) is 9.74. The van der Waals surface area contributed by atoms with Gasteiger partial charge in [0.15, 0.2) is 0 Å². The molecule has 1 N–H and O–H groups in total. The van der Waals surface area contributed by atoms with Gasteiger partial charge in [0.05, 0.1) is 18.1 Å². The van der Waals surface area contributed by atoms with E-state index in [2.05, 4.69) is 110 Å². The summed E-state index contributed by atoms with van der Waals surface area (Å²) in [5.41, 5.74) is 4.47. The molecule has 33 heavy (non-hydrogen) atoms. The van der Waals surface area contributed by atoms with Crippen molar-refractivity contribution >= 4 is 27.3 Å². The van der Waals surface area contributed by atoms with E-state index in [0.29, 0.717) is 5.69 Å². The number of aromatic nitrogens is 2. The summed E-state index contributed by atoms with van der Waals surface area (Å²) in [7, 11) is 0. The van der Waals surface area contributed by atoms with Gasteiger partial charge < -0.3 is 9.67 Å². The van der Waals surface area contributed by atoms with Crippen molar-refractivity contribution in [2.24, 2.45) is 0 Å². The number of aliphatic hydroxyl groups excluding tert-OH is 1. The summed E-state index contributed by atoms with van der Waals surface area (Å²) in [5, 5.41) is 12.4. The summed E-state index contributed by atoms with van der Waals surface area (Å²) in [6.45, 7) is 1.75. The molecule has 3 nitrogen and oxygen atoms in total. The fourth-order valence-electron chi connectivity index (χ4n) is 4.49. The van der Waals surface area contributed by atoms with Crippen LogP contribution in [0.2, 0.25) is 0 Å². The Bertz CT molecular complexity index is 1320. The van der Waals surface area contributed by atoms with Gasteiger partial charge >= 0.3 is 0 Å². The van der Waals surface area contributed by atoms with Gasteiger partial charge in [0, 0.05) is 15.5 Å². The third kappa shape index (κ3) is 3.76. The second kappa shape index (κ2) is 9.10. The average molecular weight is 515 g/mol. The van der Waals surface area contributed by atoms with E-state index in [1.807, 2.05) is 24.7 Å². The quantitative estimate of drug-likeness (QED) is 0.242. The Morgan fingerprint density at radius 3 is 2.03 bits per heavy atom. The predicted molar refractivity (Wildman–Crippen MR) is 138 cm³/mol. The Labute approximate surface area is 206 Å². The number of halogens is 1. The lowest BCUT2D eigenvalue weighted by molar-refractivity contribution is 0.194. The molecule has 0 spiro atoms. The number of nitrogens with zero attached hydrogens (tertiary/aromatic N) is 2. The summed E-state index contributed by atoms with van der Waals surface area (Å²) >= 11 is 5.47. The van der Waals surface area contributed by atoms with E-state index < -0.39 is 11.6 Å². The van der Waals surface area contributed by atoms with Crippen molar-refractivity contribution in [1.82, 2.24) is 9.55 Å². The minimum atomic E-state index is -0.692.